The first kappa shape index (κ1) is 20.6. The molecule has 11 heteroatoms. The van der Waals surface area contributed by atoms with Crippen LogP contribution < -0.4 is 10.9 Å². The van der Waals surface area contributed by atoms with Gasteiger partial charge in [0, 0.05) is 29.9 Å². The van der Waals surface area contributed by atoms with E-state index in [0.717, 1.165) is 0 Å². The Morgan fingerprint density at radius 3 is 2.17 bits per heavy atom. The molecule has 0 radical (unpaired) electrons. The number of benzene rings is 1. The van der Waals surface area contributed by atoms with Gasteiger partial charge in [-0.1, -0.05) is 6.92 Å². The van der Waals surface area contributed by atoms with Crippen molar-refractivity contribution in [3.05, 3.63) is 58.0 Å². The first-order chi connectivity index (χ1) is 13.5. The summed E-state index contributed by atoms with van der Waals surface area (Å²) >= 11 is 0. The van der Waals surface area contributed by atoms with Crippen LogP contribution >= 0.6 is 0 Å². The third-order valence-corrected chi connectivity index (χ3v) is 4.01. The zero-order valence-corrected chi connectivity index (χ0v) is 14.9. The molecular formula is C18H14F6N4O. The summed E-state index contributed by atoms with van der Waals surface area (Å²) in [6, 6.07) is 3.92. The smallest absolute Gasteiger partial charge is 0.324 e. The number of nitrogens with one attached hydrogen (secondary N) is 1. The third kappa shape index (κ3) is 4.49. The second-order valence-corrected chi connectivity index (χ2v) is 6.22. The highest BCUT2D eigenvalue weighted by molar-refractivity contribution is 5.75. The molecule has 0 atom stereocenters. The molecule has 0 amide bonds. The average molecular weight is 416 g/mol. The van der Waals surface area contributed by atoms with Crippen LogP contribution in [0.25, 0.3) is 11.0 Å². The van der Waals surface area contributed by atoms with Crippen molar-refractivity contribution in [1.29, 1.82) is 0 Å². The molecule has 2 aromatic heterocycles. The van der Waals surface area contributed by atoms with Crippen LogP contribution in [-0.2, 0) is 18.9 Å². The Hall–Kier alpha value is -3.11. The number of hydrogen-bond acceptors (Lipinski definition) is 4. The summed E-state index contributed by atoms with van der Waals surface area (Å²) in [4.78, 5) is 20.1. The van der Waals surface area contributed by atoms with Crippen molar-refractivity contribution in [1.82, 2.24) is 14.5 Å². The van der Waals surface area contributed by atoms with Gasteiger partial charge in [0.1, 0.15) is 5.65 Å². The normalized spacial score (nSPS) is 12.4. The van der Waals surface area contributed by atoms with E-state index in [2.05, 4.69) is 15.3 Å². The number of aryl methyl sites for hydroxylation is 1. The zero-order valence-electron chi connectivity index (χ0n) is 14.9. The van der Waals surface area contributed by atoms with Crippen LogP contribution in [0.1, 0.15) is 24.5 Å². The summed E-state index contributed by atoms with van der Waals surface area (Å²) in [5.74, 6) is -0.236. The molecule has 3 rings (SSSR count). The van der Waals surface area contributed by atoms with Crippen molar-refractivity contribution in [2.45, 2.75) is 32.2 Å². The van der Waals surface area contributed by atoms with E-state index in [0.29, 0.717) is 30.5 Å². The van der Waals surface area contributed by atoms with Crippen LogP contribution in [0.5, 0.6) is 0 Å². The van der Waals surface area contributed by atoms with Crippen LogP contribution in [0.4, 0.5) is 38.0 Å². The lowest BCUT2D eigenvalue weighted by Gasteiger charge is -2.15. The van der Waals surface area contributed by atoms with E-state index < -0.39 is 29.2 Å². The molecule has 0 bridgehead atoms. The van der Waals surface area contributed by atoms with Crippen LogP contribution in [0, 0.1) is 0 Å². The molecular weight excluding hydrogens is 402 g/mol. The first-order valence-electron chi connectivity index (χ1n) is 8.42. The Balaban J connectivity index is 2.08. The van der Waals surface area contributed by atoms with Gasteiger partial charge in [0.25, 0.3) is 5.56 Å². The fourth-order valence-corrected chi connectivity index (χ4v) is 2.73. The van der Waals surface area contributed by atoms with E-state index in [9.17, 15) is 31.1 Å². The average Bonchev–Trinajstić information content (AvgIpc) is 2.62. The quantitative estimate of drug-likeness (QED) is 0.610. The van der Waals surface area contributed by atoms with E-state index in [1.807, 2.05) is 6.92 Å². The minimum atomic E-state index is -4.97. The Morgan fingerprint density at radius 1 is 1.00 bits per heavy atom. The van der Waals surface area contributed by atoms with E-state index in [-0.39, 0.29) is 23.2 Å². The second kappa shape index (κ2) is 7.37. The maximum absolute atomic E-state index is 13.0. The lowest BCUT2D eigenvalue weighted by atomic mass is 10.1. The number of alkyl halides is 6. The van der Waals surface area contributed by atoms with Crippen LogP contribution in [-0.4, -0.2) is 14.5 Å². The van der Waals surface area contributed by atoms with Crippen molar-refractivity contribution in [3.63, 3.8) is 0 Å². The molecule has 154 valence electrons. The monoisotopic (exact) mass is 416 g/mol. The van der Waals surface area contributed by atoms with E-state index in [1.165, 1.54) is 22.9 Å². The molecule has 1 N–H and O–H groups in total. The third-order valence-electron chi connectivity index (χ3n) is 4.01. The number of nitrogens with zero attached hydrogens (tertiary/aromatic N) is 3. The minimum Gasteiger partial charge on any atom is -0.324 e. The van der Waals surface area contributed by atoms with Crippen LogP contribution in [0.15, 0.2) is 41.3 Å². The van der Waals surface area contributed by atoms with Gasteiger partial charge in [-0.25, -0.2) is 4.98 Å². The lowest BCUT2D eigenvalue weighted by molar-refractivity contribution is -0.143. The number of anilines is 2. The van der Waals surface area contributed by atoms with Crippen molar-refractivity contribution in [3.8, 4) is 0 Å². The highest BCUT2D eigenvalue weighted by atomic mass is 19.4. The summed E-state index contributed by atoms with van der Waals surface area (Å²) in [7, 11) is 0. The van der Waals surface area contributed by atoms with Gasteiger partial charge >= 0.3 is 12.4 Å². The predicted octanol–water partition coefficient (Wildman–Crippen LogP) is 4.98. The van der Waals surface area contributed by atoms with Crippen LogP contribution in [0.3, 0.4) is 0 Å². The minimum absolute atomic E-state index is 0.0331. The maximum atomic E-state index is 13.0. The summed E-state index contributed by atoms with van der Waals surface area (Å²) in [6.07, 6.45) is -7.99. The van der Waals surface area contributed by atoms with Gasteiger partial charge in [-0.05, 0) is 30.7 Å². The summed E-state index contributed by atoms with van der Waals surface area (Å²) < 4.78 is 79.4. The lowest BCUT2D eigenvalue weighted by Crippen LogP contribution is -2.20. The van der Waals surface area contributed by atoms with Gasteiger partial charge in [0.2, 0.25) is 5.95 Å². The molecule has 0 saturated carbocycles. The fourth-order valence-electron chi connectivity index (χ4n) is 2.73. The fraction of sp³-hybridized carbons (Fsp3) is 0.278. The van der Waals surface area contributed by atoms with Gasteiger partial charge in [-0.15, -0.1) is 0 Å². The molecule has 0 saturated heterocycles. The number of halogens is 6. The standard InChI is InChI=1S/C18H14F6N4O/c1-2-5-28-14(29)4-3-10-9-25-16(27-15(10)28)26-13-7-11(17(19,20)21)6-12(8-13)18(22,23)24/h3-4,6-9H,2,5H2,1H3,(H,25,26,27). The van der Waals surface area contributed by atoms with E-state index in [4.69, 9.17) is 0 Å². The number of pyridine rings is 1. The molecule has 2 heterocycles. The Kier molecular flexibility index (Phi) is 5.24. The summed E-state index contributed by atoms with van der Waals surface area (Å²) in [5.41, 5.74) is -3.51. The predicted molar refractivity (Wildman–Crippen MR) is 93.8 cm³/mol. The highest BCUT2D eigenvalue weighted by Gasteiger charge is 2.37. The molecule has 3 aromatic rings. The van der Waals surface area contributed by atoms with Crippen molar-refractivity contribution < 1.29 is 26.3 Å². The topological polar surface area (TPSA) is 59.8 Å². The molecule has 0 unspecified atom stereocenters. The number of rotatable bonds is 4. The van der Waals surface area contributed by atoms with Gasteiger partial charge < -0.3 is 5.32 Å². The van der Waals surface area contributed by atoms with Gasteiger partial charge in [0.15, 0.2) is 0 Å². The molecule has 29 heavy (non-hydrogen) atoms. The van der Waals surface area contributed by atoms with Gasteiger partial charge in [-0.2, -0.15) is 31.3 Å². The Morgan fingerprint density at radius 2 is 1.62 bits per heavy atom. The molecule has 1 aromatic carbocycles. The van der Waals surface area contributed by atoms with Gasteiger partial charge in [-0.3, -0.25) is 9.36 Å². The summed E-state index contributed by atoms with van der Waals surface area (Å²) in [5, 5.41) is 2.88. The SMILES string of the molecule is CCCn1c(=O)ccc2cnc(Nc3cc(C(F)(F)F)cc(C(F)(F)F)c3)nc21. The summed E-state index contributed by atoms with van der Waals surface area (Å²) in [6.45, 7) is 2.18. The van der Waals surface area contributed by atoms with Crippen molar-refractivity contribution >= 4 is 22.7 Å². The second-order valence-electron chi connectivity index (χ2n) is 6.22. The molecule has 0 fully saturated rings. The number of hydrogen-bond donors (Lipinski definition) is 1. The Bertz CT molecular complexity index is 1070. The largest absolute Gasteiger partial charge is 0.416 e. The maximum Gasteiger partial charge on any atom is 0.416 e. The number of fused-ring (bicyclic) bond motifs is 1. The first-order valence-corrected chi connectivity index (χ1v) is 8.42. The molecule has 0 aliphatic rings. The van der Waals surface area contributed by atoms with Crippen molar-refractivity contribution in [2.75, 3.05) is 5.32 Å². The molecule has 0 spiro atoms. The Labute approximate surface area is 160 Å². The van der Waals surface area contributed by atoms with Crippen LogP contribution in [0.2, 0.25) is 0 Å². The van der Waals surface area contributed by atoms with E-state index in [1.54, 1.807) is 0 Å². The molecule has 5 nitrogen and oxygen atoms in total. The zero-order chi connectivity index (χ0) is 21.4. The number of aromatic nitrogens is 3. The molecule has 0 aliphatic carbocycles. The van der Waals surface area contributed by atoms with E-state index >= 15 is 0 Å². The highest BCUT2D eigenvalue weighted by Crippen LogP contribution is 2.38. The molecule has 0 aliphatic heterocycles. The van der Waals surface area contributed by atoms with Crippen molar-refractivity contribution in [2.24, 2.45) is 0 Å². The van der Waals surface area contributed by atoms with Gasteiger partial charge in [0.05, 0.1) is 11.1 Å².